The topological polar surface area (TPSA) is 91.7 Å². The molecule has 0 unspecified atom stereocenters. The van der Waals surface area contributed by atoms with Crippen molar-refractivity contribution < 1.29 is 23.5 Å². The van der Waals surface area contributed by atoms with Crippen LogP contribution >= 0.6 is 11.9 Å². The van der Waals surface area contributed by atoms with E-state index in [0.29, 0.717) is 0 Å². The highest BCUT2D eigenvalue weighted by Crippen LogP contribution is 2.21. The molecular weight excluding hydrogens is 373 g/mol. The summed E-state index contributed by atoms with van der Waals surface area (Å²) in [6.45, 7) is 10.1. The van der Waals surface area contributed by atoms with Crippen LogP contribution < -0.4 is 5.32 Å². The van der Waals surface area contributed by atoms with Gasteiger partial charge in [-0.15, -0.1) is 0 Å². The fraction of sp³-hybridized carbons (Fsp3) is 0.500. The summed E-state index contributed by atoms with van der Waals surface area (Å²) in [5.41, 5.74) is -0.791. The van der Waals surface area contributed by atoms with Crippen molar-refractivity contribution in [2.75, 3.05) is 0 Å². The van der Waals surface area contributed by atoms with Crippen molar-refractivity contribution in [3.63, 3.8) is 0 Å². The second-order valence-electron chi connectivity index (χ2n) is 7.65. The summed E-state index contributed by atoms with van der Waals surface area (Å²) in [5, 5.41) is 10.3. The van der Waals surface area contributed by atoms with Gasteiger partial charge in [0.15, 0.2) is 0 Å². The molecule has 0 spiro atoms. The molecule has 0 aromatic heterocycles. The zero-order valence-electron chi connectivity index (χ0n) is 16.4. The maximum atomic E-state index is 13.0. The summed E-state index contributed by atoms with van der Waals surface area (Å²) >= 11 is 0.939. The molecule has 0 aliphatic rings. The van der Waals surface area contributed by atoms with Crippen LogP contribution in [0.25, 0.3) is 0 Å². The summed E-state index contributed by atoms with van der Waals surface area (Å²) in [6.07, 6.45) is -1.67. The molecule has 27 heavy (non-hydrogen) atoms. The normalized spacial score (nSPS) is 11.5. The van der Waals surface area contributed by atoms with Crippen LogP contribution in [0.15, 0.2) is 24.3 Å². The molecule has 0 fully saturated rings. The molecule has 1 aromatic carbocycles. The fourth-order valence-corrected chi connectivity index (χ4v) is 2.47. The standard InChI is InChI=1S/C18H26FN3O4S/c1-17(2,3)25-15(23)21-14(20)22(16(24)26-18(4,5)6)27-11-12-7-9-13(19)10-8-12/h7-10H,11H2,1-6H3,(H2,20,21,23). The van der Waals surface area contributed by atoms with E-state index < -0.39 is 29.3 Å². The predicted octanol–water partition coefficient (Wildman–Crippen LogP) is 4.67. The Balaban J connectivity index is 2.85. The molecular formula is C18H26FN3O4S. The van der Waals surface area contributed by atoms with E-state index in [1.807, 2.05) is 0 Å². The van der Waals surface area contributed by atoms with Crippen LogP contribution in [0.1, 0.15) is 47.1 Å². The molecule has 0 bridgehead atoms. The molecule has 1 rings (SSSR count). The van der Waals surface area contributed by atoms with Gasteiger partial charge in [0.25, 0.3) is 0 Å². The van der Waals surface area contributed by atoms with Crippen LogP contribution in [0.2, 0.25) is 0 Å². The number of carbonyl (C=O) groups excluding carboxylic acids is 2. The lowest BCUT2D eigenvalue weighted by Crippen LogP contribution is -2.46. The Bertz CT molecular complexity index is 681. The average Bonchev–Trinajstić information content (AvgIpc) is 2.45. The zero-order chi connectivity index (χ0) is 20.8. The van der Waals surface area contributed by atoms with Gasteiger partial charge in [-0.3, -0.25) is 10.7 Å². The minimum atomic E-state index is -0.858. The van der Waals surface area contributed by atoms with Gasteiger partial charge in [-0.05, 0) is 71.2 Å². The van der Waals surface area contributed by atoms with Gasteiger partial charge in [0.1, 0.15) is 17.0 Å². The number of amides is 2. The highest BCUT2D eigenvalue weighted by Gasteiger charge is 2.28. The molecule has 0 aliphatic heterocycles. The van der Waals surface area contributed by atoms with Gasteiger partial charge >= 0.3 is 12.2 Å². The van der Waals surface area contributed by atoms with Crippen molar-refractivity contribution in [2.45, 2.75) is 58.5 Å². The van der Waals surface area contributed by atoms with Gasteiger partial charge in [-0.2, -0.15) is 4.31 Å². The number of rotatable bonds is 3. The molecule has 1 aromatic rings. The highest BCUT2D eigenvalue weighted by molar-refractivity contribution is 7.97. The molecule has 0 heterocycles. The number of carbonyl (C=O) groups is 2. The maximum absolute atomic E-state index is 13.0. The SMILES string of the molecule is CC(C)(C)OC(=O)NC(=N)N(SCc1ccc(F)cc1)C(=O)OC(C)(C)C. The van der Waals surface area contributed by atoms with Crippen LogP contribution in [0, 0.1) is 11.2 Å². The Kier molecular flexibility index (Phi) is 7.65. The summed E-state index contributed by atoms with van der Waals surface area (Å²) < 4.78 is 24.3. The zero-order valence-corrected chi connectivity index (χ0v) is 17.2. The van der Waals surface area contributed by atoms with E-state index >= 15 is 0 Å². The Morgan fingerprint density at radius 1 is 1.07 bits per heavy atom. The van der Waals surface area contributed by atoms with Crippen molar-refractivity contribution >= 4 is 30.1 Å². The largest absolute Gasteiger partial charge is 0.444 e. The van der Waals surface area contributed by atoms with Gasteiger partial charge in [-0.1, -0.05) is 12.1 Å². The number of ether oxygens (including phenoxy) is 2. The molecule has 0 saturated heterocycles. The summed E-state index contributed by atoms with van der Waals surface area (Å²) in [7, 11) is 0. The molecule has 9 heteroatoms. The Morgan fingerprint density at radius 2 is 1.59 bits per heavy atom. The first-order valence-corrected chi connectivity index (χ1v) is 9.20. The van der Waals surface area contributed by atoms with E-state index in [-0.39, 0.29) is 11.6 Å². The van der Waals surface area contributed by atoms with E-state index in [0.717, 1.165) is 21.8 Å². The first kappa shape index (κ1) is 22.8. The van der Waals surface area contributed by atoms with Crippen LogP contribution in [0.4, 0.5) is 14.0 Å². The lowest BCUT2D eigenvalue weighted by molar-refractivity contribution is 0.0463. The van der Waals surface area contributed by atoms with Gasteiger partial charge < -0.3 is 9.47 Å². The third-order valence-electron chi connectivity index (χ3n) is 2.66. The molecule has 0 atom stereocenters. The number of guanidine groups is 1. The molecule has 0 radical (unpaired) electrons. The van der Waals surface area contributed by atoms with E-state index in [1.54, 1.807) is 53.7 Å². The van der Waals surface area contributed by atoms with Gasteiger partial charge in [0.05, 0.1) is 0 Å². The Hall–Kier alpha value is -2.29. The number of nitrogens with one attached hydrogen (secondary N) is 2. The first-order chi connectivity index (χ1) is 12.3. The van der Waals surface area contributed by atoms with Crippen molar-refractivity contribution in [3.8, 4) is 0 Å². The fourth-order valence-electron chi connectivity index (χ4n) is 1.68. The summed E-state index contributed by atoms with van der Waals surface area (Å²) in [4.78, 5) is 24.3. The van der Waals surface area contributed by atoms with Crippen molar-refractivity contribution in [1.82, 2.24) is 9.62 Å². The molecule has 2 amide bonds. The number of nitrogens with zero attached hydrogens (tertiary/aromatic N) is 1. The van der Waals surface area contributed by atoms with E-state index in [4.69, 9.17) is 14.9 Å². The van der Waals surface area contributed by atoms with E-state index in [1.165, 1.54) is 12.1 Å². The monoisotopic (exact) mass is 399 g/mol. The number of benzene rings is 1. The average molecular weight is 399 g/mol. The minimum absolute atomic E-state index is 0.262. The predicted molar refractivity (Wildman–Crippen MR) is 103 cm³/mol. The maximum Gasteiger partial charge on any atom is 0.427 e. The smallest absolute Gasteiger partial charge is 0.427 e. The molecule has 0 saturated carbocycles. The number of hydrogen-bond acceptors (Lipinski definition) is 6. The first-order valence-electron chi connectivity index (χ1n) is 8.26. The Labute approximate surface area is 163 Å². The van der Waals surface area contributed by atoms with Crippen LogP contribution in [0.3, 0.4) is 0 Å². The Morgan fingerprint density at radius 3 is 2.07 bits per heavy atom. The second kappa shape index (κ2) is 9.07. The molecule has 150 valence electrons. The summed E-state index contributed by atoms with van der Waals surface area (Å²) in [5.74, 6) is -0.601. The van der Waals surface area contributed by atoms with Crippen LogP contribution in [0.5, 0.6) is 0 Å². The number of halogens is 1. The van der Waals surface area contributed by atoms with E-state index in [9.17, 15) is 14.0 Å². The molecule has 2 N–H and O–H groups in total. The quantitative estimate of drug-likeness (QED) is 0.438. The van der Waals surface area contributed by atoms with Gasteiger partial charge in [0, 0.05) is 5.75 Å². The lowest BCUT2D eigenvalue weighted by atomic mass is 10.2. The lowest BCUT2D eigenvalue weighted by Gasteiger charge is -2.27. The van der Waals surface area contributed by atoms with Crippen molar-refractivity contribution in [1.29, 1.82) is 5.41 Å². The second-order valence-corrected chi connectivity index (χ2v) is 8.56. The van der Waals surface area contributed by atoms with Crippen molar-refractivity contribution in [3.05, 3.63) is 35.6 Å². The van der Waals surface area contributed by atoms with Crippen LogP contribution in [-0.2, 0) is 15.2 Å². The number of hydrogen-bond donors (Lipinski definition) is 2. The summed E-state index contributed by atoms with van der Waals surface area (Å²) in [6, 6.07) is 5.75. The molecule has 7 nitrogen and oxygen atoms in total. The highest BCUT2D eigenvalue weighted by atomic mass is 32.2. The van der Waals surface area contributed by atoms with Gasteiger partial charge in [-0.25, -0.2) is 14.0 Å². The minimum Gasteiger partial charge on any atom is -0.444 e. The third-order valence-corrected chi connectivity index (χ3v) is 3.71. The van der Waals surface area contributed by atoms with Crippen LogP contribution in [-0.4, -0.2) is 33.7 Å². The molecule has 0 aliphatic carbocycles. The third kappa shape index (κ3) is 9.28. The van der Waals surface area contributed by atoms with Gasteiger partial charge in [0.2, 0.25) is 5.96 Å². The van der Waals surface area contributed by atoms with E-state index in [2.05, 4.69) is 5.32 Å². The van der Waals surface area contributed by atoms with Crippen molar-refractivity contribution in [2.24, 2.45) is 0 Å². The number of alkyl carbamates (subject to hydrolysis) is 1.